The van der Waals surface area contributed by atoms with Gasteiger partial charge in [-0.15, -0.1) is 0 Å². The Morgan fingerprint density at radius 3 is 2.62 bits per heavy atom. The minimum absolute atomic E-state index is 0.520. The first-order valence-electron chi connectivity index (χ1n) is 4.74. The van der Waals surface area contributed by atoms with Gasteiger partial charge in [0.2, 0.25) is 0 Å². The number of hydrogen-bond donors (Lipinski definition) is 0. The molecule has 0 aliphatic carbocycles. The van der Waals surface area contributed by atoms with Crippen molar-refractivity contribution in [3.8, 4) is 5.75 Å². The number of aromatic nitrogens is 1. The van der Waals surface area contributed by atoms with Gasteiger partial charge in [-0.05, 0) is 34.1 Å². The Morgan fingerprint density at radius 2 is 1.88 bits per heavy atom. The van der Waals surface area contributed by atoms with Crippen molar-refractivity contribution in [3.05, 3.63) is 57.2 Å². The predicted octanol–water partition coefficient (Wildman–Crippen LogP) is 4.19. The number of pyridine rings is 1. The van der Waals surface area contributed by atoms with Crippen molar-refractivity contribution in [2.75, 3.05) is 0 Å². The Labute approximate surface area is 111 Å². The van der Waals surface area contributed by atoms with Gasteiger partial charge < -0.3 is 4.74 Å². The van der Waals surface area contributed by atoms with Crippen LogP contribution in [-0.2, 0) is 6.61 Å². The number of nitrogens with zero attached hydrogens (tertiary/aromatic N) is 1. The topological polar surface area (TPSA) is 22.1 Å². The van der Waals surface area contributed by atoms with Gasteiger partial charge in [0.05, 0.1) is 0 Å². The first-order chi connectivity index (χ1) is 7.77. The third-order valence-corrected chi connectivity index (χ3v) is 3.44. The second-order valence-corrected chi connectivity index (χ2v) is 4.78. The first kappa shape index (κ1) is 11.6. The Bertz CT molecular complexity index is 442. The smallest absolute Gasteiger partial charge is 0.152 e. The number of benzene rings is 1. The molecule has 1 aromatic carbocycles. The van der Waals surface area contributed by atoms with Crippen LogP contribution < -0.4 is 4.74 Å². The summed E-state index contributed by atoms with van der Waals surface area (Å²) < 4.78 is 7.44. The lowest BCUT2D eigenvalue weighted by Gasteiger charge is -2.08. The second-order valence-electron chi connectivity index (χ2n) is 3.17. The molecule has 82 valence electrons. The molecule has 0 saturated carbocycles. The molecule has 0 spiro atoms. The summed E-state index contributed by atoms with van der Waals surface area (Å²) >= 11 is 6.82. The lowest BCUT2D eigenvalue weighted by molar-refractivity contribution is 0.302. The third-order valence-electron chi connectivity index (χ3n) is 2.07. The van der Waals surface area contributed by atoms with Gasteiger partial charge in [0.25, 0.3) is 0 Å². The van der Waals surface area contributed by atoms with Crippen LogP contribution >= 0.6 is 31.9 Å². The lowest BCUT2D eigenvalue weighted by Crippen LogP contribution is -1.97. The zero-order valence-electron chi connectivity index (χ0n) is 8.36. The molecule has 0 bridgehead atoms. The fourth-order valence-corrected chi connectivity index (χ4v) is 2.01. The highest BCUT2D eigenvalue weighted by atomic mass is 79.9. The van der Waals surface area contributed by atoms with Crippen LogP contribution in [0.15, 0.2) is 51.7 Å². The van der Waals surface area contributed by atoms with Crippen molar-refractivity contribution >= 4 is 31.9 Å². The van der Waals surface area contributed by atoms with Crippen LogP contribution in [0.2, 0.25) is 0 Å². The van der Waals surface area contributed by atoms with Gasteiger partial charge in [-0.3, -0.25) is 0 Å². The van der Waals surface area contributed by atoms with E-state index < -0.39 is 0 Å². The highest BCUT2D eigenvalue weighted by Gasteiger charge is 2.03. The summed E-state index contributed by atoms with van der Waals surface area (Å²) in [5, 5.41) is 0. The van der Waals surface area contributed by atoms with E-state index in [4.69, 9.17) is 4.74 Å². The Morgan fingerprint density at radius 1 is 1.06 bits per heavy atom. The van der Waals surface area contributed by atoms with Gasteiger partial charge in [-0.25, -0.2) is 4.98 Å². The molecule has 0 aliphatic rings. The average Bonchev–Trinajstić information content (AvgIpc) is 2.30. The Kier molecular flexibility index (Phi) is 3.96. The van der Waals surface area contributed by atoms with Crippen molar-refractivity contribution in [1.82, 2.24) is 4.98 Å². The normalized spacial score (nSPS) is 10.1. The van der Waals surface area contributed by atoms with E-state index in [-0.39, 0.29) is 0 Å². The van der Waals surface area contributed by atoms with E-state index in [1.165, 1.54) is 0 Å². The minimum Gasteiger partial charge on any atom is -0.486 e. The number of halogens is 2. The molecule has 0 N–H and O–H groups in total. The van der Waals surface area contributed by atoms with Gasteiger partial charge >= 0.3 is 0 Å². The van der Waals surface area contributed by atoms with Crippen molar-refractivity contribution < 1.29 is 4.74 Å². The summed E-state index contributed by atoms with van der Waals surface area (Å²) in [6, 6.07) is 11.7. The molecule has 0 fully saturated rings. The Balaban J connectivity index is 2.09. The molecule has 2 nitrogen and oxygen atoms in total. The van der Waals surface area contributed by atoms with Crippen LogP contribution in [0.5, 0.6) is 5.75 Å². The van der Waals surface area contributed by atoms with Crippen molar-refractivity contribution in [2.24, 2.45) is 0 Å². The minimum atomic E-state index is 0.520. The zero-order valence-corrected chi connectivity index (χ0v) is 11.5. The van der Waals surface area contributed by atoms with Crippen LogP contribution in [0, 0.1) is 0 Å². The van der Waals surface area contributed by atoms with Crippen LogP contribution in [0.1, 0.15) is 5.56 Å². The monoisotopic (exact) mass is 341 g/mol. The van der Waals surface area contributed by atoms with Crippen molar-refractivity contribution in [1.29, 1.82) is 0 Å². The van der Waals surface area contributed by atoms with Gasteiger partial charge in [-0.2, -0.15) is 0 Å². The van der Waals surface area contributed by atoms with Crippen LogP contribution in [-0.4, -0.2) is 4.98 Å². The van der Waals surface area contributed by atoms with E-state index in [1.54, 1.807) is 6.20 Å². The van der Waals surface area contributed by atoms with Crippen molar-refractivity contribution in [3.63, 3.8) is 0 Å². The van der Waals surface area contributed by atoms with Crippen LogP contribution in [0.3, 0.4) is 0 Å². The van der Waals surface area contributed by atoms with Gasteiger partial charge in [-0.1, -0.05) is 34.1 Å². The maximum absolute atomic E-state index is 5.66. The molecule has 0 unspecified atom stereocenters. The molecule has 0 saturated heterocycles. The molecular formula is C12H9Br2NO. The second kappa shape index (κ2) is 5.46. The molecule has 1 heterocycles. The molecule has 0 amide bonds. The summed E-state index contributed by atoms with van der Waals surface area (Å²) in [6.07, 6.45) is 1.72. The largest absolute Gasteiger partial charge is 0.486 e. The molecule has 0 atom stereocenters. The van der Waals surface area contributed by atoms with Crippen LogP contribution in [0.25, 0.3) is 0 Å². The molecule has 4 heteroatoms. The maximum Gasteiger partial charge on any atom is 0.152 e. The number of rotatable bonds is 3. The van der Waals surface area contributed by atoms with E-state index >= 15 is 0 Å². The van der Waals surface area contributed by atoms with Crippen molar-refractivity contribution in [2.45, 2.75) is 6.61 Å². The summed E-state index contributed by atoms with van der Waals surface area (Å²) in [6.45, 7) is 0.520. The molecular weight excluding hydrogens is 334 g/mol. The van der Waals surface area contributed by atoms with Gasteiger partial charge in [0, 0.05) is 16.2 Å². The zero-order chi connectivity index (χ0) is 11.4. The van der Waals surface area contributed by atoms with E-state index in [9.17, 15) is 0 Å². The summed E-state index contributed by atoms with van der Waals surface area (Å²) in [7, 11) is 0. The van der Waals surface area contributed by atoms with Gasteiger partial charge in [0.1, 0.15) is 11.2 Å². The molecule has 0 radical (unpaired) electrons. The average molecular weight is 343 g/mol. The fourth-order valence-electron chi connectivity index (χ4n) is 1.25. The maximum atomic E-state index is 5.66. The molecule has 1 aromatic heterocycles. The molecule has 2 aromatic rings. The number of hydrogen-bond acceptors (Lipinski definition) is 2. The summed E-state index contributed by atoms with van der Waals surface area (Å²) in [4.78, 5) is 4.09. The highest BCUT2D eigenvalue weighted by molar-refractivity contribution is 9.10. The third kappa shape index (κ3) is 2.83. The van der Waals surface area contributed by atoms with E-state index in [2.05, 4.69) is 36.8 Å². The summed E-state index contributed by atoms with van der Waals surface area (Å²) in [5.74, 6) is 0.748. The summed E-state index contributed by atoms with van der Waals surface area (Å²) in [5.41, 5.74) is 1.11. The highest BCUT2D eigenvalue weighted by Crippen LogP contribution is 2.23. The lowest BCUT2D eigenvalue weighted by atomic mass is 10.2. The SMILES string of the molecule is Brc1ccccc1COc1cccnc1Br. The molecule has 2 rings (SSSR count). The Hall–Kier alpha value is -0.870. The quantitative estimate of drug-likeness (QED) is 0.780. The predicted molar refractivity (Wildman–Crippen MR) is 70.4 cm³/mol. The van der Waals surface area contributed by atoms with E-state index in [1.807, 2.05) is 36.4 Å². The molecule has 0 aliphatic heterocycles. The number of ether oxygens (including phenoxy) is 1. The van der Waals surface area contributed by atoms with Crippen LogP contribution in [0.4, 0.5) is 0 Å². The van der Waals surface area contributed by atoms with E-state index in [0.29, 0.717) is 6.61 Å². The molecule has 16 heavy (non-hydrogen) atoms. The van der Waals surface area contributed by atoms with Gasteiger partial charge in [0.15, 0.2) is 5.75 Å². The fraction of sp³-hybridized carbons (Fsp3) is 0.0833. The standard InChI is InChI=1S/C12H9Br2NO/c13-10-5-2-1-4-9(10)8-16-11-6-3-7-15-12(11)14/h1-7H,8H2. The first-order valence-corrected chi connectivity index (χ1v) is 6.32. The van der Waals surface area contributed by atoms with E-state index in [0.717, 1.165) is 20.4 Å².